The molecule has 6 heteroatoms. The zero-order valence-electron chi connectivity index (χ0n) is 11.1. The Kier molecular flexibility index (Phi) is 3.71. The monoisotopic (exact) mass is 267 g/mol. The zero-order chi connectivity index (χ0) is 13.3. The molecule has 98 valence electrons. The summed E-state index contributed by atoms with van der Waals surface area (Å²) < 4.78 is 2.05. The lowest BCUT2D eigenvalue weighted by Crippen LogP contribution is -2.11. The molecule has 0 saturated carbocycles. The quantitative estimate of drug-likeness (QED) is 0.865. The normalized spacial score (nSPS) is 11.7. The molecule has 0 fully saturated rings. The summed E-state index contributed by atoms with van der Waals surface area (Å²) in [4.78, 5) is 12.7. The third-order valence-corrected chi connectivity index (χ3v) is 2.80. The molecular weight excluding hydrogens is 250 g/mol. The Hall–Kier alpha value is -1.36. The van der Waals surface area contributed by atoms with Crippen LogP contribution in [0.25, 0.3) is 11.2 Å². The SMILES string of the molecule is CC(C)CNc1nc(Cl)nc2ncn(C(C)C)c12. The Bertz CT molecular complexity index is 547. The number of rotatable bonds is 4. The summed E-state index contributed by atoms with van der Waals surface area (Å²) in [6.07, 6.45) is 1.78. The molecule has 0 aromatic carbocycles. The number of aromatic nitrogens is 4. The molecule has 0 atom stereocenters. The van der Waals surface area contributed by atoms with Crippen molar-refractivity contribution in [2.75, 3.05) is 11.9 Å². The summed E-state index contributed by atoms with van der Waals surface area (Å²) in [5.41, 5.74) is 1.55. The molecule has 2 aromatic heterocycles. The van der Waals surface area contributed by atoms with Crippen molar-refractivity contribution in [3.05, 3.63) is 11.6 Å². The Labute approximate surface area is 112 Å². The van der Waals surface area contributed by atoms with Crippen LogP contribution in [0, 0.1) is 5.92 Å². The smallest absolute Gasteiger partial charge is 0.226 e. The largest absolute Gasteiger partial charge is 0.368 e. The van der Waals surface area contributed by atoms with Crippen molar-refractivity contribution in [1.82, 2.24) is 19.5 Å². The highest BCUT2D eigenvalue weighted by molar-refractivity contribution is 6.28. The van der Waals surface area contributed by atoms with E-state index in [1.165, 1.54) is 0 Å². The van der Waals surface area contributed by atoms with Gasteiger partial charge in [-0.1, -0.05) is 13.8 Å². The fourth-order valence-corrected chi connectivity index (χ4v) is 1.90. The van der Waals surface area contributed by atoms with Gasteiger partial charge in [-0.15, -0.1) is 0 Å². The fraction of sp³-hybridized carbons (Fsp3) is 0.583. The third kappa shape index (κ3) is 2.56. The van der Waals surface area contributed by atoms with Gasteiger partial charge in [0, 0.05) is 12.6 Å². The Balaban J connectivity index is 2.50. The van der Waals surface area contributed by atoms with Gasteiger partial charge >= 0.3 is 0 Å². The molecule has 0 amide bonds. The number of hydrogen-bond acceptors (Lipinski definition) is 4. The van der Waals surface area contributed by atoms with Crippen molar-refractivity contribution < 1.29 is 0 Å². The summed E-state index contributed by atoms with van der Waals surface area (Å²) in [5.74, 6) is 1.29. The predicted molar refractivity (Wildman–Crippen MR) is 74.0 cm³/mol. The second-order valence-corrected chi connectivity index (χ2v) is 5.37. The van der Waals surface area contributed by atoms with E-state index in [1.54, 1.807) is 6.33 Å². The molecule has 0 saturated heterocycles. The van der Waals surface area contributed by atoms with Gasteiger partial charge in [0.05, 0.1) is 6.33 Å². The predicted octanol–water partition coefficient (Wildman–Crippen LogP) is 3.13. The van der Waals surface area contributed by atoms with Crippen LogP contribution in [-0.4, -0.2) is 26.1 Å². The van der Waals surface area contributed by atoms with Crippen LogP contribution in [0.1, 0.15) is 33.7 Å². The lowest BCUT2D eigenvalue weighted by atomic mass is 10.2. The van der Waals surface area contributed by atoms with E-state index >= 15 is 0 Å². The molecule has 2 rings (SSSR count). The first-order chi connectivity index (χ1) is 8.49. The molecule has 0 bridgehead atoms. The molecule has 18 heavy (non-hydrogen) atoms. The number of nitrogens with one attached hydrogen (secondary N) is 1. The average molecular weight is 268 g/mol. The molecular formula is C12H18ClN5. The van der Waals surface area contributed by atoms with E-state index in [1.807, 2.05) is 4.57 Å². The summed E-state index contributed by atoms with van der Waals surface area (Å²) in [5, 5.41) is 3.54. The van der Waals surface area contributed by atoms with Gasteiger partial charge in [0.25, 0.3) is 0 Å². The second-order valence-electron chi connectivity index (χ2n) is 5.03. The minimum atomic E-state index is 0.225. The zero-order valence-corrected chi connectivity index (χ0v) is 11.9. The van der Waals surface area contributed by atoms with Gasteiger partial charge in [-0.25, -0.2) is 4.98 Å². The molecule has 0 aliphatic heterocycles. The van der Waals surface area contributed by atoms with E-state index in [2.05, 4.69) is 48.0 Å². The van der Waals surface area contributed by atoms with Crippen molar-refractivity contribution in [3.8, 4) is 0 Å². The number of imidazole rings is 1. The second kappa shape index (κ2) is 5.10. The van der Waals surface area contributed by atoms with Crippen molar-refractivity contribution in [2.45, 2.75) is 33.7 Å². The lowest BCUT2D eigenvalue weighted by molar-refractivity contribution is 0.616. The maximum Gasteiger partial charge on any atom is 0.226 e. The Morgan fingerprint density at radius 3 is 2.61 bits per heavy atom. The Morgan fingerprint density at radius 2 is 2.00 bits per heavy atom. The van der Waals surface area contributed by atoms with Crippen LogP contribution < -0.4 is 5.32 Å². The van der Waals surface area contributed by atoms with E-state index in [-0.39, 0.29) is 5.28 Å². The molecule has 0 unspecified atom stereocenters. The fourth-order valence-electron chi connectivity index (χ4n) is 1.73. The lowest BCUT2D eigenvalue weighted by Gasteiger charge is -2.13. The van der Waals surface area contributed by atoms with Crippen LogP contribution in [0.2, 0.25) is 5.28 Å². The molecule has 0 aliphatic rings. The maximum atomic E-state index is 5.92. The van der Waals surface area contributed by atoms with Gasteiger partial charge in [-0.3, -0.25) is 0 Å². The van der Waals surface area contributed by atoms with Gasteiger partial charge in [-0.2, -0.15) is 9.97 Å². The molecule has 5 nitrogen and oxygen atoms in total. The van der Waals surface area contributed by atoms with Crippen LogP contribution in [0.5, 0.6) is 0 Å². The van der Waals surface area contributed by atoms with Crippen molar-refractivity contribution in [3.63, 3.8) is 0 Å². The van der Waals surface area contributed by atoms with Crippen LogP contribution >= 0.6 is 11.6 Å². The molecule has 2 heterocycles. The van der Waals surface area contributed by atoms with Crippen LogP contribution in [0.4, 0.5) is 5.82 Å². The highest BCUT2D eigenvalue weighted by Crippen LogP contribution is 2.24. The standard InChI is InChI=1S/C12H18ClN5/c1-7(2)5-14-10-9-11(17-12(13)16-10)15-6-18(9)8(3)4/h6-8H,5H2,1-4H3,(H,14,16,17). The summed E-state index contributed by atoms with van der Waals surface area (Å²) in [6.45, 7) is 9.33. The van der Waals surface area contributed by atoms with Gasteiger partial charge in [0.1, 0.15) is 5.52 Å². The van der Waals surface area contributed by atoms with Crippen LogP contribution in [0.15, 0.2) is 6.33 Å². The van der Waals surface area contributed by atoms with E-state index in [0.29, 0.717) is 17.6 Å². The first kappa shape index (κ1) is 13.1. The summed E-state index contributed by atoms with van der Waals surface area (Å²) in [6, 6.07) is 0.305. The number of nitrogens with zero attached hydrogens (tertiary/aromatic N) is 4. The topological polar surface area (TPSA) is 55.6 Å². The first-order valence-corrected chi connectivity index (χ1v) is 6.50. The van der Waals surface area contributed by atoms with E-state index in [0.717, 1.165) is 17.9 Å². The third-order valence-electron chi connectivity index (χ3n) is 2.64. The molecule has 2 aromatic rings. The summed E-state index contributed by atoms with van der Waals surface area (Å²) >= 11 is 5.92. The van der Waals surface area contributed by atoms with Gasteiger partial charge in [0.2, 0.25) is 5.28 Å². The highest BCUT2D eigenvalue weighted by Gasteiger charge is 2.14. The minimum absolute atomic E-state index is 0.225. The van der Waals surface area contributed by atoms with E-state index in [4.69, 9.17) is 11.6 Å². The van der Waals surface area contributed by atoms with E-state index < -0.39 is 0 Å². The number of fused-ring (bicyclic) bond motifs is 1. The molecule has 0 aliphatic carbocycles. The number of anilines is 1. The van der Waals surface area contributed by atoms with Crippen molar-refractivity contribution >= 4 is 28.6 Å². The first-order valence-electron chi connectivity index (χ1n) is 6.13. The number of hydrogen-bond donors (Lipinski definition) is 1. The number of halogens is 1. The van der Waals surface area contributed by atoms with Gasteiger partial charge < -0.3 is 9.88 Å². The van der Waals surface area contributed by atoms with Crippen LogP contribution in [-0.2, 0) is 0 Å². The highest BCUT2D eigenvalue weighted by atomic mass is 35.5. The van der Waals surface area contributed by atoms with Gasteiger partial charge in [-0.05, 0) is 31.4 Å². The molecule has 0 radical (unpaired) electrons. The van der Waals surface area contributed by atoms with Crippen LogP contribution in [0.3, 0.4) is 0 Å². The average Bonchev–Trinajstić information content (AvgIpc) is 2.69. The molecule has 1 N–H and O–H groups in total. The van der Waals surface area contributed by atoms with Gasteiger partial charge in [0.15, 0.2) is 11.5 Å². The maximum absolute atomic E-state index is 5.92. The van der Waals surface area contributed by atoms with E-state index in [9.17, 15) is 0 Å². The Morgan fingerprint density at radius 1 is 1.28 bits per heavy atom. The summed E-state index contributed by atoms with van der Waals surface area (Å²) in [7, 11) is 0. The van der Waals surface area contributed by atoms with Crippen molar-refractivity contribution in [2.24, 2.45) is 5.92 Å². The molecule has 0 spiro atoms. The van der Waals surface area contributed by atoms with Crippen molar-refractivity contribution in [1.29, 1.82) is 0 Å². The minimum Gasteiger partial charge on any atom is -0.368 e.